The lowest BCUT2D eigenvalue weighted by atomic mass is 9.81. The lowest BCUT2D eigenvalue weighted by Crippen LogP contribution is -2.41. The van der Waals surface area contributed by atoms with E-state index < -0.39 is 0 Å². The summed E-state index contributed by atoms with van der Waals surface area (Å²) in [6.45, 7) is 6.30. The highest BCUT2D eigenvalue weighted by Gasteiger charge is 2.31. The van der Waals surface area contributed by atoms with Crippen LogP contribution >= 0.6 is 15.9 Å². The van der Waals surface area contributed by atoms with Gasteiger partial charge < -0.3 is 4.74 Å². The highest BCUT2D eigenvalue weighted by Crippen LogP contribution is 2.34. The molecule has 6 heteroatoms. The molecule has 0 N–H and O–H groups in total. The van der Waals surface area contributed by atoms with E-state index in [4.69, 9.17) is 4.74 Å². The van der Waals surface area contributed by atoms with Gasteiger partial charge in [0.05, 0.1) is 11.1 Å². The van der Waals surface area contributed by atoms with Crippen LogP contribution in [0.1, 0.15) is 25.3 Å². The highest BCUT2D eigenvalue weighted by atomic mass is 79.9. The molecule has 0 unspecified atom stereocenters. The Morgan fingerprint density at radius 3 is 2.73 bits per heavy atom. The molecule has 3 heterocycles. The van der Waals surface area contributed by atoms with E-state index in [1.807, 2.05) is 16.7 Å². The first-order valence-electron chi connectivity index (χ1n) is 8.99. The first kappa shape index (κ1) is 17.5. The molecule has 1 aromatic carbocycles. The van der Waals surface area contributed by atoms with Crippen LogP contribution < -0.4 is 4.74 Å². The van der Waals surface area contributed by atoms with Crippen LogP contribution in [0.2, 0.25) is 0 Å². The molecule has 0 spiro atoms. The number of hydrogen-bond acceptors (Lipinski definition) is 4. The first-order valence-corrected chi connectivity index (χ1v) is 9.79. The number of halogens is 1. The molecule has 5 nitrogen and oxygen atoms in total. The summed E-state index contributed by atoms with van der Waals surface area (Å²) in [5, 5.41) is 8.01. The van der Waals surface area contributed by atoms with Gasteiger partial charge in [-0.25, -0.2) is 0 Å². The molecule has 0 amide bonds. The summed E-state index contributed by atoms with van der Waals surface area (Å²) in [5.41, 5.74) is 2.39. The number of aromatic nitrogens is 3. The Morgan fingerprint density at radius 2 is 1.96 bits per heavy atom. The van der Waals surface area contributed by atoms with Crippen LogP contribution in [0.4, 0.5) is 0 Å². The summed E-state index contributed by atoms with van der Waals surface area (Å²) in [6, 6.07) is 12.6. The molecule has 0 aliphatic carbocycles. The van der Waals surface area contributed by atoms with Crippen LogP contribution in [0.5, 0.6) is 5.75 Å². The molecule has 0 saturated carbocycles. The molecule has 3 aromatic rings. The lowest BCUT2D eigenvalue weighted by Gasteiger charge is -2.39. The van der Waals surface area contributed by atoms with Crippen LogP contribution in [0.25, 0.3) is 5.65 Å². The van der Waals surface area contributed by atoms with Gasteiger partial charge in [-0.05, 0) is 47.4 Å². The van der Waals surface area contributed by atoms with Crippen LogP contribution in [-0.2, 0) is 6.54 Å². The van der Waals surface area contributed by atoms with Gasteiger partial charge in [-0.2, -0.15) is 0 Å². The number of fused-ring (bicyclic) bond motifs is 1. The fourth-order valence-corrected chi connectivity index (χ4v) is 3.88. The Labute approximate surface area is 162 Å². The topological polar surface area (TPSA) is 42.7 Å². The van der Waals surface area contributed by atoms with Crippen LogP contribution in [0.15, 0.2) is 53.4 Å². The van der Waals surface area contributed by atoms with Crippen molar-refractivity contribution in [2.75, 3.05) is 19.7 Å². The van der Waals surface area contributed by atoms with E-state index in [0.29, 0.717) is 0 Å². The van der Waals surface area contributed by atoms with Crippen LogP contribution in [0.3, 0.4) is 0 Å². The predicted octanol–water partition coefficient (Wildman–Crippen LogP) is 4.17. The highest BCUT2D eigenvalue weighted by molar-refractivity contribution is 9.10. The van der Waals surface area contributed by atoms with Gasteiger partial charge in [0, 0.05) is 24.2 Å². The Morgan fingerprint density at radius 1 is 1.19 bits per heavy atom. The van der Waals surface area contributed by atoms with Crippen molar-refractivity contribution in [2.45, 2.75) is 26.3 Å². The monoisotopic (exact) mass is 414 g/mol. The van der Waals surface area contributed by atoms with Crippen LogP contribution in [0, 0.1) is 5.41 Å². The smallest absolute Gasteiger partial charge is 0.164 e. The van der Waals surface area contributed by atoms with Crippen molar-refractivity contribution in [1.82, 2.24) is 19.5 Å². The second kappa shape index (κ2) is 7.37. The maximum absolute atomic E-state index is 6.16. The average Bonchev–Trinajstić information content (AvgIpc) is 3.10. The van der Waals surface area contributed by atoms with Crippen molar-refractivity contribution >= 4 is 21.6 Å². The second-order valence-corrected chi connectivity index (χ2v) is 8.30. The third kappa shape index (κ3) is 3.91. The third-order valence-electron chi connectivity index (χ3n) is 5.24. The molecule has 1 saturated heterocycles. The molecule has 26 heavy (non-hydrogen) atoms. The SMILES string of the molecule is CC1(COc2cc3nncn3cc2Br)CCN(Cc2ccccc2)CC1. The maximum atomic E-state index is 6.16. The number of ether oxygens (including phenoxy) is 1. The molecule has 1 fully saturated rings. The fourth-order valence-electron chi connectivity index (χ4n) is 3.43. The van der Waals surface area contributed by atoms with E-state index in [1.165, 1.54) is 5.56 Å². The summed E-state index contributed by atoms with van der Waals surface area (Å²) >= 11 is 3.58. The Balaban J connectivity index is 1.34. The lowest BCUT2D eigenvalue weighted by molar-refractivity contribution is 0.0653. The number of benzene rings is 1. The van der Waals surface area contributed by atoms with Gasteiger partial charge in [0.25, 0.3) is 0 Å². The maximum Gasteiger partial charge on any atom is 0.164 e. The molecule has 1 aliphatic heterocycles. The molecule has 0 bridgehead atoms. The van der Waals surface area contributed by atoms with Crippen molar-refractivity contribution in [3.63, 3.8) is 0 Å². The van der Waals surface area contributed by atoms with E-state index in [-0.39, 0.29) is 5.41 Å². The number of likely N-dealkylation sites (tertiary alicyclic amines) is 1. The van der Waals surface area contributed by atoms with Crippen molar-refractivity contribution in [3.05, 3.63) is 59.0 Å². The number of pyridine rings is 1. The van der Waals surface area contributed by atoms with Crippen molar-refractivity contribution in [1.29, 1.82) is 0 Å². The zero-order valence-corrected chi connectivity index (χ0v) is 16.5. The third-order valence-corrected chi connectivity index (χ3v) is 5.83. The van der Waals surface area contributed by atoms with Crippen LogP contribution in [-0.4, -0.2) is 39.2 Å². The first-order chi connectivity index (χ1) is 12.6. The molecule has 1 aliphatic rings. The van der Waals surface area contributed by atoms with E-state index in [2.05, 4.69) is 68.3 Å². The minimum atomic E-state index is 0.201. The van der Waals surface area contributed by atoms with E-state index in [1.54, 1.807) is 6.33 Å². The molecule has 136 valence electrons. The van der Waals surface area contributed by atoms with Gasteiger partial charge >= 0.3 is 0 Å². The number of nitrogens with zero attached hydrogens (tertiary/aromatic N) is 4. The predicted molar refractivity (Wildman–Crippen MR) is 105 cm³/mol. The van der Waals surface area contributed by atoms with Gasteiger partial charge in [0.1, 0.15) is 12.1 Å². The summed E-state index contributed by atoms with van der Waals surface area (Å²) in [6.07, 6.45) is 5.92. The zero-order chi connectivity index (χ0) is 18.0. The summed E-state index contributed by atoms with van der Waals surface area (Å²) < 4.78 is 8.97. The van der Waals surface area contributed by atoms with Gasteiger partial charge in [0.2, 0.25) is 0 Å². The molecule has 0 radical (unpaired) electrons. The quantitative estimate of drug-likeness (QED) is 0.627. The standard InChI is InChI=1S/C20H23BrN4O/c1-20(7-9-24(10-8-20)12-16-5-3-2-4-6-16)14-26-18-11-19-23-22-15-25(19)13-17(18)21/h2-6,11,13,15H,7-10,12,14H2,1H3. The minimum absolute atomic E-state index is 0.201. The fraction of sp³-hybridized carbons (Fsp3) is 0.400. The van der Waals surface area contributed by atoms with Crippen molar-refractivity contribution in [3.8, 4) is 5.75 Å². The Hall–Kier alpha value is -1.92. The number of rotatable bonds is 5. The Bertz CT molecular complexity index is 872. The molecule has 0 atom stereocenters. The minimum Gasteiger partial charge on any atom is -0.492 e. The van der Waals surface area contributed by atoms with E-state index >= 15 is 0 Å². The average molecular weight is 415 g/mol. The molecular formula is C20H23BrN4O. The van der Waals surface area contributed by atoms with E-state index in [9.17, 15) is 0 Å². The summed E-state index contributed by atoms with van der Waals surface area (Å²) in [7, 11) is 0. The number of hydrogen-bond donors (Lipinski definition) is 0. The second-order valence-electron chi connectivity index (χ2n) is 7.44. The van der Waals surface area contributed by atoms with Crippen molar-refractivity contribution in [2.24, 2.45) is 5.41 Å². The molecule has 4 rings (SSSR count). The normalized spacial score (nSPS) is 17.5. The molecule has 2 aromatic heterocycles. The Kier molecular flexibility index (Phi) is 4.96. The van der Waals surface area contributed by atoms with E-state index in [0.717, 1.165) is 55.0 Å². The molecular weight excluding hydrogens is 392 g/mol. The van der Waals surface area contributed by atoms with Gasteiger partial charge in [-0.15, -0.1) is 10.2 Å². The number of piperidine rings is 1. The largest absolute Gasteiger partial charge is 0.492 e. The van der Waals surface area contributed by atoms with Gasteiger partial charge in [-0.1, -0.05) is 37.3 Å². The van der Waals surface area contributed by atoms with Gasteiger partial charge in [-0.3, -0.25) is 9.30 Å². The van der Waals surface area contributed by atoms with Gasteiger partial charge in [0.15, 0.2) is 5.65 Å². The zero-order valence-electron chi connectivity index (χ0n) is 14.9. The summed E-state index contributed by atoms with van der Waals surface area (Å²) in [5.74, 6) is 0.832. The van der Waals surface area contributed by atoms with Crippen molar-refractivity contribution < 1.29 is 4.74 Å². The summed E-state index contributed by atoms with van der Waals surface area (Å²) in [4.78, 5) is 2.54.